The fraction of sp³-hybridized carbons (Fsp3) is 0.943. The van der Waals surface area contributed by atoms with Crippen molar-refractivity contribution < 1.29 is 114 Å². The Bertz CT molecular complexity index is 2080. The predicted molar refractivity (Wildman–Crippen MR) is 258 cm³/mol. The monoisotopic (exact) mass is 1090 g/mol. The number of aliphatic hydroxyl groups excluding tert-OH is 14. The first-order chi connectivity index (χ1) is 35.7. The highest BCUT2D eigenvalue weighted by atomic mass is 16.8. The van der Waals surface area contributed by atoms with E-state index >= 15 is 4.79 Å². The van der Waals surface area contributed by atoms with E-state index in [9.17, 15) is 71.5 Å². The summed E-state index contributed by atoms with van der Waals surface area (Å²) in [5.41, 5.74) is -2.00. The van der Waals surface area contributed by atoms with E-state index in [-0.39, 0.29) is 47.2 Å². The quantitative estimate of drug-likeness (QED) is 0.0549. The zero-order valence-electron chi connectivity index (χ0n) is 44.4. The van der Waals surface area contributed by atoms with E-state index in [1.165, 1.54) is 0 Å². The number of rotatable bonds is 12. The first kappa shape index (κ1) is 59.0. The number of fused-ring (bicyclic) bond motifs is 7. The van der Waals surface area contributed by atoms with Gasteiger partial charge in [-0.1, -0.05) is 53.2 Å². The van der Waals surface area contributed by atoms with Gasteiger partial charge in [-0.3, -0.25) is 4.79 Å². The minimum Gasteiger partial charge on any atom is -0.432 e. The Balaban J connectivity index is 0.994. The number of carbonyl (C=O) groups excluding carboxylic acids is 1. The highest BCUT2D eigenvalue weighted by Gasteiger charge is 2.71. The van der Waals surface area contributed by atoms with Crippen molar-refractivity contribution >= 4 is 5.97 Å². The lowest BCUT2D eigenvalue weighted by molar-refractivity contribution is -0.367. The molecule has 9 aliphatic rings. The summed E-state index contributed by atoms with van der Waals surface area (Å²) in [7, 11) is 0. The molecule has 0 radical (unpaired) electrons. The minimum atomic E-state index is -1.96. The maximum atomic E-state index is 15.5. The number of hydrogen-bond acceptors (Lipinski definition) is 23. The standard InChI is InChI=1S/C53H86O23/c1-48(2)13-15-53(47(68)76-46-42(75-45-41(67)37(63)34(60)27(19-55)72-45)38(64)35(61)28(73-46)21-70-43-39(65)32(58)25(57)20-69-43)16-14-51(5)23(24(53)17-48)7-8-30-49(3)11-10-31(50(4,22-56)29(49)9-12-52(30,51)6)74-44-40(66)36(62)33(59)26(18-54)71-44/h7,24-46,54-67H,8-22H2,1-6H3/t24-,25+,26+,27+,28+,29+,30+,31-,32-,33+,34+,35+,36-,37-,38-,39+,40+,41+,42+,43-,44-,45-,46-,49-,50-,51+,52+,53-/m0/s1. The van der Waals surface area contributed by atoms with Gasteiger partial charge in [-0.05, 0) is 104 Å². The third-order valence-corrected chi connectivity index (χ3v) is 21.2. The van der Waals surface area contributed by atoms with Crippen LogP contribution in [0.1, 0.15) is 106 Å². The maximum absolute atomic E-state index is 15.5. The molecule has 0 aromatic rings. The van der Waals surface area contributed by atoms with Gasteiger partial charge in [0, 0.05) is 5.41 Å². The SMILES string of the molecule is CC1(C)CC[C@]2(C(=O)O[C@@H]3O[C@H](CO[C@@H]4OC[C@@H](O)[C@H](O)[C@H]4O)[C@@H](O)[C@H](O)[C@H]3O[C@@H]3O[C@H](CO)[C@@H](O)[C@H](O)[C@H]3O)CC[C@]3(C)C(=CC[C@@H]4[C@@]5(C)CC[C@H](O[C@@H]6O[C@H](CO)[C@@H](O)[C@H](O)[C@H]6O)[C@@](C)(CO)[C@@H]5CC[C@]43C)[C@@H]2C1. The average Bonchev–Trinajstić information content (AvgIpc) is 3.57. The van der Waals surface area contributed by atoms with E-state index in [1.807, 2.05) is 6.92 Å². The van der Waals surface area contributed by atoms with Crippen LogP contribution in [0.5, 0.6) is 0 Å². The lowest BCUT2D eigenvalue weighted by Crippen LogP contribution is -2.67. The number of allylic oxidation sites excluding steroid dienone is 2. The van der Waals surface area contributed by atoms with Crippen LogP contribution in [0, 0.1) is 50.2 Å². The molecule has 436 valence electrons. The fourth-order valence-electron chi connectivity index (χ4n) is 16.1. The molecular weight excluding hydrogens is 1000 g/mol. The molecule has 23 nitrogen and oxygen atoms in total. The van der Waals surface area contributed by atoms with Crippen LogP contribution in [-0.4, -0.2) is 233 Å². The number of hydrogen-bond donors (Lipinski definition) is 14. The lowest BCUT2D eigenvalue weighted by atomic mass is 9.33. The van der Waals surface area contributed by atoms with E-state index in [4.69, 9.17) is 37.9 Å². The van der Waals surface area contributed by atoms with Crippen molar-refractivity contribution in [2.24, 2.45) is 50.2 Å². The summed E-state index contributed by atoms with van der Waals surface area (Å²) in [6, 6.07) is 0. The molecule has 0 aromatic heterocycles. The molecule has 4 saturated heterocycles. The second-order valence-electron chi connectivity index (χ2n) is 25.7. The van der Waals surface area contributed by atoms with Crippen molar-refractivity contribution in [2.75, 3.05) is 33.0 Å². The third-order valence-electron chi connectivity index (χ3n) is 21.2. The molecule has 5 aliphatic carbocycles. The van der Waals surface area contributed by atoms with Crippen molar-refractivity contribution in [3.63, 3.8) is 0 Å². The summed E-state index contributed by atoms with van der Waals surface area (Å²) >= 11 is 0. The molecule has 0 bridgehead atoms. The van der Waals surface area contributed by atoms with Gasteiger partial charge in [-0.15, -0.1) is 0 Å². The normalized spacial score (nSPS) is 54.3. The van der Waals surface area contributed by atoms with Crippen LogP contribution in [0.2, 0.25) is 0 Å². The molecule has 4 saturated carbocycles. The topological polar surface area (TPSA) is 374 Å². The average molecular weight is 1090 g/mol. The Hall–Kier alpha value is -1.63. The van der Waals surface area contributed by atoms with E-state index in [0.29, 0.717) is 51.4 Å². The number of aliphatic hydroxyl groups is 14. The number of ether oxygens (including phenoxy) is 8. The van der Waals surface area contributed by atoms with Gasteiger partial charge in [0.2, 0.25) is 6.29 Å². The van der Waals surface area contributed by atoms with Gasteiger partial charge in [0.1, 0.15) is 85.5 Å². The molecule has 4 aliphatic heterocycles. The van der Waals surface area contributed by atoms with Crippen molar-refractivity contribution in [2.45, 2.75) is 229 Å². The summed E-state index contributed by atoms with van der Waals surface area (Å²) in [4.78, 5) is 15.5. The van der Waals surface area contributed by atoms with Crippen molar-refractivity contribution in [3.05, 3.63) is 11.6 Å². The predicted octanol–water partition coefficient (Wildman–Crippen LogP) is -2.42. The molecule has 4 heterocycles. The number of carbonyl (C=O) groups is 1. The lowest BCUT2D eigenvalue weighted by Gasteiger charge is -2.71. The summed E-state index contributed by atoms with van der Waals surface area (Å²) in [6.07, 6.45) is -23.4. The molecule has 76 heavy (non-hydrogen) atoms. The van der Waals surface area contributed by atoms with Gasteiger partial charge < -0.3 is 109 Å². The van der Waals surface area contributed by atoms with Gasteiger partial charge in [0.25, 0.3) is 0 Å². The largest absolute Gasteiger partial charge is 0.432 e. The van der Waals surface area contributed by atoms with E-state index in [2.05, 4.69) is 40.7 Å². The van der Waals surface area contributed by atoms with Crippen LogP contribution < -0.4 is 0 Å². The van der Waals surface area contributed by atoms with Crippen LogP contribution in [-0.2, 0) is 42.7 Å². The Morgan fingerprint density at radius 3 is 1.80 bits per heavy atom. The molecule has 28 atom stereocenters. The Labute approximate surface area is 442 Å². The Morgan fingerprint density at radius 2 is 1.18 bits per heavy atom. The van der Waals surface area contributed by atoms with Crippen LogP contribution in [0.3, 0.4) is 0 Å². The molecular formula is C53H86O23. The van der Waals surface area contributed by atoms with Crippen LogP contribution in [0.15, 0.2) is 11.6 Å². The fourth-order valence-corrected chi connectivity index (χ4v) is 16.1. The van der Waals surface area contributed by atoms with Crippen LogP contribution >= 0.6 is 0 Å². The van der Waals surface area contributed by atoms with Gasteiger partial charge in [0.05, 0.1) is 44.6 Å². The molecule has 0 unspecified atom stereocenters. The van der Waals surface area contributed by atoms with E-state index < -0.39 is 165 Å². The van der Waals surface area contributed by atoms with Gasteiger partial charge >= 0.3 is 5.97 Å². The highest BCUT2D eigenvalue weighted by molar-refractivity contribution is 5.79. The first-order valence-corrected chi connectivity index (χ1v) is 27.4. The van der Waals surface area contributed by atoms with Crippen LogP contribution in [0.25, 0.3) is 0 Å². The third kappa shape index (κ3) is 9.56. The smallest absolute Gasteiger partial charge is 0.315 e. The van der Waals surface area contributed by atoms with Gasteiger partial charge in [-0.25, -0.2) is 0 Å². The van der Waals surface area contributed by atoms with E-state index in [0.717, 1.165) is 18.4 Å². The first-order valence-electron chi connectivity index (χ1n) is 27.4. The zero-order chi connectivity index (χ0) is 55.4. The Morgan fingerprint density at radius 1 is 0.605 bits per heavy atom. The highest BCUT2D eigenvalue weighted by Crippen LogP contribution is 2.76. The molecule has 0 aromatic carbocycles. The van der Waals surface area contributed by atoms with Gasteiger partial charge in [-0.2, -0.15) is 0 Å². The zero-order valence-corrected chi connectivity index (χ0v) is 44.4. The maximum Gasteiger partial charge on any atom is 0.315 e. The van der Waals surface area contributed by atoms with Crippen molar-refractivity contribution in [3.8, 4) is 0 Å². The molecule has 0 spiro atoms. The Kier molecular flexibility index (Phi) is 16.8. The summed E-state index contributed by atoms with van der Waals surface area (Å²) < 4.78 is 47.6. The van der Waals surface area contributed by atoms with Crippen molar-refractivity contribution in [1.29, 1.82) is 0 Å². The number of esters is 1. The molecule has 14 N–H and O–H groups in total. The van der Waals surface area contributed by atoms with Crippen LogP contribution in [0.4, 0.5) is 0 Å². The molecule has 9 rings (SSSR count). The second kappa shape index (κ2) is 21.6. The van der Waals surface area contributed by atoms with Gasteiger partial charge in [0.15, 0.2) is 25.0 Å². The van der Waals surface area contributed by atoms with E-state index in [1.54, 1.807) is 0 Å². The summed E-state index contributed by atoms with van der Waals surface area (Å²) in [5.74, 6) is -0.910. The molecule has 8 fully saturated rings. The molecule has 23 heteroatoms. The minimum absolute atomic E-state index is 0.0481. The van der Waals surface area contributed by atoms with Crippen molar-refractivity contribution in [1.82, 2.24) is 0 Å². The summed E-state index contributed by atoms with van der Waals surface area (Å²) in [6.45, 7) is 10.7. The molecule has 0 amide bonds. The second-order valence-corrected chi connectivity index (χ2v) is 25.7. The summed E-state index contributed by atoms with van der Waals surface area (Å²) in [5, 5.41) is 149.